The summed E-state index contributed by atoms with van der Waals surface area (Å²) in [6.07, 6.45) is 3.27. The van der Waals surface area contributed by atoms with Gasteiger partial charge < -0.3 is 14.3 Å². The molecule has 1 fully saturated rings. The van der Waals surface area contributed by atoms with E-state index in [2.05, 4.69) is 19.9 Å². The van der Waals surface area contributed by atoms with Crippen LogP contribution in [0.2, 0.25) is 0 Å². The second kappa shape index (κ2) is 6.13. The van der Waals surface area contributed by atoms with E-state index < -0.39 is 10.0 Å². The number of aromatic nitrogens is 3. The van der Waals surface area contributed by atoms with Crippen LogP contribution in [0.1, 0.15) is 30.5 Å². The van der Waals surface area contributed by atoms with Crippen LogP contribution in [0.3, 0.4) is 0 Å². The van der Waals surface area contributed by atoms with Crippen molar-refractivity contribution in [3.8, 4) is 11.6 Å². The van der Waals surface area contributed by atoms with Gasteiger partial charge in [-0.25, -0.2) is 13.1 Å². The molecule has 1 aliphatic heterocycles. The Hall–Kier alpha value is -2.20. The van der Waals surface area contributed by atoms with Crippen LogP contribution in [-0.4, -0.2) is 54.0 Å². The van der Waals surface area contributed by atoms with Gasteiger partial charge in [-0.05, 0) is 18.9 Å². The highest BCUT2D eigenvalue weighted by molar-refractivity contribution is 7.89. The number of amides is 1. The Bertz CT molecular complexity index is 804. The van der Waals surface area contributed by atoms with Crippen LogP contribution in [-0.2, 0) is 10.0 Å². The molecule has 0 saturated carbocycles. The summed E-state index contributed by atoms with van der Waals surface area (Å²) in [7, 11) is -3.57. The summed E-state index contributed by atoms with van der Waals surface area (Å²) in [5.74, 6) is -0.314. The van der Waals surface area contributed by atoms with E-state index in [0.29, 0.717) is 18.8 Å². The lowest BCUT2D eigenvalue weighted by atomic mass is 10.4. The van der Waals surface area contributed by atoms with E-state index in [9.17, 15) is 13.2 Å². The van der Waals surface area contributed by atoms with Crippen LogP contribution in [0.15, 0.2) is 21.6 Å². The predicted molar refractivity (Wildman–Crippen MR) is 80.1 cm³/mol. The first kappa shape index (κ1) is 15.7. The number of carbonyl (C=O) groups excluding carboxylic acids is 1. The van der Waals surface area contributed by atoms with Crippen LogP contribution in [0, 0.1) is 0 Å². The number of aromatic amines is 1. The molecule has 0 aliphatic carbocycles. The Morgan fingerprint density at radius 2 is 2.13 bits per heavy atom. The average molecular weight is 339 g/mol. The van der Waals surface area contributed by atoms with Crippen molar-refractivity contribution in [1.29, 1.82) is 0 Å². The summed E-state index contributed by atoms with van der Waals surface area (Å²) < 4.78 is 31.6. The number of nitrogens with zero attached hydrogens (tertiary/aromatic N) is 3. The number of carbonyl (C=O) groups is 1. The average Bonchev–Trinajstić information content (AvgIpc) is 3.25. The standard InChI is InChI=1S/C13H17N5O4S/c1-2-15-23(20,21)9-7-10(14-8-9)11-16-17-12(22-11)13(19)18-5-3-4-6-18/h7-8,14-15H,2-6H2,1H3. The van der Waals surface area contributed by atoms with Gasteiger partial charge in [0.1, 0.15) is 10.6 Å². The van der Waals surface area contributed by atoms with Gasteiger partial charge in [0.05, 0.1) is 0 Å². The molecule has 23 heavy (non-hydrogen) atoms. The van der Waals surface area contributed by atoms with E-state index >= 15 is 0 Å². The third-order valence-corrected chi connectivity index (χ3v) is 5.06. The Morgan fingerprint density at radius 3 is 2.83 bits per heavy atom. The van der Waals surface area contributed by atoms with Gasteiger partial charge in [0, 0.05) is 25.8 Å². The topological polar surface area (TPSA) is 121 Å². The Labute approximate surface area is 133 Å². The SMILES string of the molecule is CCNS(=O)(=O)c1c[nH]c(-c2nnc(C(=O)N3CCCC3)o2)c1. The first-order valence-corrected chi connectivity index (χ1v) is 8.81. The molecule has 1 saturated heterocycles. The molecule has 9 nitrogen and oxygen atoms in total. The minimum absolute atomic E-state index is 0.0694. The smallest absolute Gasteiger partial charge is 0.311 e. The zero-order chi connectivity index (χ0) is 16.4. The van der Waals surface area contributed by atoms with Crippen LogP contribution in [0.5, 0.6) is 0 Å². The fraction of sp³-hybridized carbons (Fsp3) is 0.462. The lowest BCUT2D eigenvalue weighted by Crippen LogP contribution is -2.27. The molecular weight excluding hydrogens is 322 g/mol. The van der Waals surface area contributed by atoms with Crippen molar-refractivity contribution in [2.24, 2.45) is 0 Å². The zero-order valence-corrected chi connectivity index (χ0v) is 13.4. The normalized spacial score (nSPS) is 15.3. The fourth-order valence-electron chi connectivity index (χ4n) is 2.40. The molecule has 1 aliphatic rings. The Balaban J connectivity index is 1.81. The molecule has 0 radical (unpaired) electrons. The Kier molecular flexibility index (Phi) is 4.18. The van der Waals surface area contributed by atoms with E-state index in [1.165, 1.54) is 12.3 Å². The summed E-state index contributed by atoms with van der Waals surface area (Å²) in [6.45, 7) is 3.35. The number of hydrogen-bond donors (Lipinski definition) is 2. The largest absolute Gasteiger partial charge is 0.411 e. The van der Waals surface area contributed by atoms with E-state index in [1.54, 1.807) is 11.8 Å². The first-order chi connectivity index (χ1) is 11.0. The fourth-order valence-corrected chi connectivity index (χ4v) is 3.43. The van der Waals surface area contributed by atoms with Crippen molar-refractivity contribution in [3.63, 3.8) is 0 Å². The van der Waals surface area contributed by atoms with Gasteiger partial charge in [0.25, 0.3) is 5.89 Å². The van der Waals surface area contributed by atoms with Crippen molar-refractivity contribution in [2.45, 2.75) is 24.7 Å². The van der Waals surface area contributed by atoms with Gasteiger partial charge in [-0.15, -0.1) is 10.2 Å². The molecule has 2 N–H and O–H groups in total. The maximum absolute atomic E-state index is 12.2. The van der Waals surface area contributed by atoms with Crippen molar-refractivity contribution < 1.29 is 17.6 Å². The minimum Gasteiger partial charge on any atom is -0.411 e. The number of rotatable bonds is 5. The molecule has 0 spiro atoms. The summed E-state index contributed by atoms with van der Waals surface area (Å²) in [4.78, 5) is 16.7. The van der Waals surface area contributed by atoms with E-state index in [0.717, 1.165) is 12.8 Å². The van der Waals surface area contributed by atoms with Crippen molar-refractivity contribution in [3.05, 3.63) is 18.2 Å². The second-order valence-electron chi connectivity index (χ2n) is 5.16. The predicted octanol–water partition coefficient (Wildman–Crippen LogP) is 0.599. The minimum atomic E-state index is -3.57. The summed E-state index contributed by atoms with van der Waals surface area (Å²) >= 11 is 0. The number of hydrogen-bond acceptors (Lipinski definition) is 6. The van der Waals surface area contributed by atoms with Gasteiger partial charge in [-0.2, -0.15) is 0 Å². The van der Waals surface area contributed by atoms with Crippen LogP contribution >= 0.6 is 0 Å². The van der Waals surface area contributed by atoms with E-state index in [1.807, 2.05) is 0 Å². The van der Waals surface area contributed by atoms with Gasteiger partial charge in [-0.1, -0.05) is 6.92 Å². The van der Waals surface area contributed by atoms with Crippen molar-refractivity contribution >= 4 is 15.9 Å². The highest BCUT2D eigenvalue weighted by atomic mass is 32.2. The third kappa shape index (κ3) is 3.13. The molecular formula is C13H17N5O4S. The van der Waals surface area contributed by atoms with Crippen LogP contribution < -0.4 is 4.72 Å². The summed E-state index contributed by atoms with van der Waals surface area (Å²) in [5.41, 5.74) is 0.342. The molecule has 3 rings (SSSR count). The number of H-pyrrole nitrogens is 1. The third-order valence-electron chi connectivity index (χ3n) is 3.53. The van der Waals surface area contributed by atoms with Gasteiger partial charge in [0.2, 0.25) is 10.0 Å². The lowest BCUT2D eigenvalue weighted by Gasteiger charge is -2.11. The molecule has 124 valence electrons. The zero-order valence-electron chi connectivity index (χ0n) is 12.6. The summed E-state index contributed by atoms with van der Waals surface area (Å²) in [6, 6.07) is 1.38. The second-order valence-corrected chi connectivity index (χ2v) is 6.93. The Morgan fingerprint density at radius 1 is 1.39 bits per heavy atom. The maximum Gasteiger partial charge on any atom is 0.311 e. The van der Waals surface area contributed by atoms with Gasteiger partial charge in [0.15, 0.2) is 0 Å². The van der Waals surface area contributed by atoms with Crippen molar-refractivity contribution in [2.75, 3.05) is 19.6 Å². The van der Waals surface area contributed by atoms with E-state index in [4.69, 9.17) is 4.42 Å². The monoisotopic (exact) mass is 339 g/mol. The molecule has 2 aromatic heterocycles. The molecule has 1 amide bonds. The molecule has 0 bridgehead atoms. The van der Waals surface area contributed by atoms with Gasteiger partial charge in [-0.3, -0.25) is 4.79 Å². The van der Waals surface area contributed by atoms with Gasteiger partial charge >= 0.3 is 11.8 Å². The molecule has 0 atom stereocenters. The molecule has 3 heterocycles. The number of sulfonamides is 1. The number of nitrogens with one attached hydrogen (secondary N) is 2. The van der Waals surface area contributed by atoms with E-state index in [-0.39, 0.29) is 29.1 Å². The van der Waals surface area contributed by atoms with Crippen molar-refractivity contribution in [1.82, 2.24) is 24.8 Å². The molecule has 10 heteroatoms. The number of likely N-dealkylation sites (tertiary alicyclic amines) is 1. The quantitative estimate of drug-likeness (QED) is 0.823. The summed E-state index contributed by atoms with van der Waals surface area (Å²) in [5, 5.41) is 7.56. The highest BCUT2D eigenvalue weighted by Gasteiger charge is 2.25. The van der Waals surface area contributed by atoms with Crippen LogP contribution in [0.4, 0.5) is 0 Å². The lowest BCUT2D eigenvalue weighted by molar-refractivity contribution is 0.0754. The molecule has 0 aromatic carbocycles. The highest BCUT2D eigenvalue weighted by Crippen LogP contribution is 2.21. The molecule has 2 aromatic rings. The molecule has 0 unspecified atom stereocenters. The van der Waals surface area contributed by atoms with Crippen LogP contribution in [0.25, 0.3) is 11.6 Å². The first-order valence-electron chi connectivity index (χ1n) is 7.32. The maximum atomic E-state index is 12.2.